The smallest absolute Gasteiger partial charge is 0.309 e. The Morgan fingerprint density at radius 2 is 1.90 bits per heavy atom. The number of nitrogens with zero attached hydrogens (tertiary/aromatic N) is 1. The van der Waals surface area contributed by atoms with Crippen LogP contribution in [0, 0.1) is 17.3 Å². The van der Waals surface area contributed by atoms with Gasteiger partial charge in [0, 0.05) is 19.6 Å². The predicted molar refractivity (Wildman–Crippen MR) is 73.7 cm³/mol. The van der Waals surface area contributed by atoms with E-state index < -0.39 is 29.2 Å². The fourth-order valence-electron chi connectivity index (χ4n) is 3.40. The Morgan fingerprint density at radius 1 is 1.24 bits per heavy atom. The van der Waals surface area contributed by atoms with E-state index in [4.69, 9.17) is 5.11 Å². The van der Waals surface area contributed by atoms with Gasteiger partial charge >= 0.3 is 11.9 Å². The van der Waals surface area contributed by atoms with Crippen LogP contribution in [0.25, 0.3) is 0 Å². The zero-order valence-corrected chi connectivity index (χ0v) is 12.2. The van der Waals surface area contributed by atoms with Crippen LogP contribution in [0.2, 0.25) is 0 Å². The van der Waals surface area contributed by atoms with E-state index >= 15 is 0 Å². The molecule has 0 saturated carbocycles. The first-order valence-electron chi connectivity index (χ1n) is 7.37. The highest BCUT2D eigenvalue weighted by molar-refractivity contribution is 5.86. The van der Waals surface area contributed by atoms with Crippen LogP contribution >= 0.6 is 0 Å². The van der Waals surface area contributed by atoms with Gasteiger partial charge in [0.1, 0.15) is 0 Å². The third-order valence-corrected chi connectivity index (χ3v) is 4.91. The Kier molecular flexibility index (Phi) is 4.51. The Labute approximate surface area is 123 Å². The van der Waals surface area contributed by atoms with Crippen LogP contribution in [0.3, 0.4) is 0 Å². The fourth-order valence-corrected chi connectivity index (χ4v) is 3.40. The van der Waals surface area contributed by atoms with Crippen molar-refractivity contribution in [2.75, 3.05) is 26.2 Å². The van der Waals surface area contributed by atoms with Crippen LogP contribution in [0.5, 0.6) is 0 Å². The van der Waals surface area contributed by atoms with Crippen LogP contribution < -0.4 is 5.32 Å². The molecule has 118 valence electrons. The van der Waals surface area contributed by atoms with E-state index in [1.165, 1.54) is 0 Å². The largest absolute Gasteiger partial charge is 0.481 e. The average molecular weight is 298 g/mol. The quantitative estimate of drug-likeness (QED) is 0.675. The van der Waals surface area contributed by atoms with Gasteiger partial charge in [-0.2, -0.15) is 0 Å². The van der Waals surface area contributed by atoms with Gasteiger partial charge in [-0.15, -0.1) is 0 Å². The van der Waals surface area contributed by atoms with Crippen molar-refractivity contribution in [3.05, 3.63) is 0 Å². The number of carboxylic acid groups (broad SMARTS) is 2. The zero-order valence-electron chi connectivity index (χ0n) is 12.2. The molecule has 1 amide bonds. The number of rotatable bonds is 4. The molecule has 2 fully saturated rings. The second-order valence-electron chi connectivity index (χ2n) is 5.99. The molecule has 21 heavy (non-hydrogen) atoms. The molecule has 0 aromatic heterocycles. The molecule has 0 spiro atoms. The van der Waals surface area contributed by atoms with Crippen molar-refractivity contribution >= 4 is 17.8 Å². The Balaban J connectivity index is 2.13. The summed E-state index contributed by atoms with van der Waals surface area (Å²) < 4.78 is 0. The highest BCUT2D eigenvalue weighted by atomic mass is 16.4. The fraction of sp³-hybridized carbons (Fsp3) is 0.786. The molecule has 2 saturated heterocycles. The molecule has 0 aromatic rings. The number of carbonyl (C=O) groups is 3. The Morgan fingerprint density at radius 3 is 2.38 bits per heavy atom. The minimum absolute atomic E-state index is 0.00706. The highest BCUT2D eigenvalue weighted by Gasteiger charge is 2.46. The summed E-state index contributed by atoms with van der Waals surface area (Å²) in [6.45, 7) is 3.67. The number of nitrogens with one attached hydrogen (secondary N) is 1. The molecule has 0 aliphatic carbocycles. The lowest BCUT2D eigenvalue weighted by molar-refractivity contribution is -0.161. The molecule has 2 heterocycles. The number of hydrogen-bond acceptors (Lipinski definition) is 4. The maximum atomic E-state index is 12.7. The Hall–Kier alpha value is -1.63. The summed E-state index contributed by atoms with van der Waals surface area (Å²) in [6, 6.07) is 0. The minimum atomic E-state index is -1.14. The van der Waals surface area contributed by atoms with Gasteiger partial charge in [-0.1, -0.05) is 6.92 Å². The SMILES string of the molecule is CCC1(C(=O)N2CCC(C(=O)O)C(C(=O)O)C2)CCNC1. The van der Waals surface area contributed by atoms with E-state index in [0.717, 1.165) is 13.0 Å². The van der Waals surface area contributed by atoms with Gasteiger partial charge in [0.15, 0.2) is 0 Å². The third-order valence-electron chi connectivity index (χ3n) is 4.91. The summed E-state index contributed by atoms with van der Waals surface area (Å²) in [5.41, 5.74) is -0.459. The second kappa shape index (κ2) is 6.01. The summed E-state index contributed by atoms with van der Waals surface area (Å²) in [5, 5.41) is 21.5. The van der Waals surface area contributed by atoms with Crippen molar-refractivity contribution in [2.45, 2.75) is 26.2 Å². The van der Waals surface area contributed by atoms with Crippen molar-refractivity contribution in [3.8, 4) is 0 Å². The zero-order chi connectivity index (χ0) is 15.6. The van der Waals surface area contributed by atoms with Gasteiger partial charge in [0.25, 0.3) is 0 Å². The van der Waals surface area contributed by atoms with Crippen molar-refractivity contribution in [2.24, 2.45) is 17.3 Å². The van der Waals surface area contributed by atoms with Crippen molar-refractivity contribution in [1.29, 1.82) is 0 Å². The van der Waals surface area contributed by atoms with Crippen LogP contribution in [-0.4, -0.2) is 59.1 Å². The van der Waals surface area contributed by atoms with Crippen molar-refractivity contribution < 1.29 is 24.6 Å². The number of carboxylic acids is 2. The lowest BCUT2D eigenvalue weighted by Crippen LogP contribution is -2.53. The number of amides is 1. The number of carbonyl (C=O) groups excluding carboxylic acids is 1. The van der Waals surface area contributed by atoms with Gasteiger partial charge in [0.05, 0.1) is 17.3 Å². The van der Waals surface area contributed by atoms with Crippen LogP contribution in [-0.2, 0) is 14.4 Å². The summed E-state index contributed by atoms with van der Waals surface area (Å²) in [5.74, 6) is -4.21. The van der Waals surface area contributed by atoms with E-state index in [1.54, 1.807) is 4.90 Å². The maximum absolute atomic E-state index is 12.7. The van der Waals surface area contributed by atoms with E-state index in [-0.39, 0.29) is 18.9 Å². The molecular weight excluding hydrogens is 276 g/mol. The number of aliphatic carboxylic acids is 2. The van der Waals surface area contributed by atoms with Crippen LogP contribution in [0.15, 0.2) is 0 Å². The molecule has 0 bridgehead atoms. The maximum Gasteiger partial charge on any atom is 0.309 e. The molecule has 3 unspecified atom stereocenters. The van der Waals surface area contributed by atoms with Crippen LogP contribution in [0.1, 0.15) is 26.2 Å². The number of hydrogen-bond donors (Lipinski definition) is 3. The highest BCUT2D eigenvalue weighted by Crippen LogP contribution is 2.34. The molecule has 0 aromatic carbocycles. The molecular formula is C14H22N2O5. The second-order valence-corrected chi connectivity index (χ2v) is 5.99. The number of likely N-dealkylation sites (tertiary alicyclic amines) is 1. The van der Waals surface area contributed by atoms with Crippen molar-refractivity contribution in [3.63, 3.8) is 0 Å². The van der Waals surface area contributed by atoms with Gasteiger partial charge in [0.2, 0.25) is 5.91 Å². The molecule has 3 N–H and O–H groups in total. The van der Waals surface area contributed by atoms with Gasteiger partial charge in [-0.25, -0.2) is 0 Å². The lowest BCUT2D eigenvalue weighted by atomic mass is 9.80. The van der Waals surface area contributed by atoms with Crippen molar-refractivity contribution in [1.82, 2.24) is 10.2 Å². The van der Waals surface area contributed by atoms with E-state index in [9.17, 15) is 19.5 Å². The van der Waals surface area contributed by atoms with Crippen LogP contribution in [0.4, 0.5) is 0 Å². The molecule has 7 heteroatoms. The average Bonchev–Trinajstić information content (AvgIpc) is 2.95. The Bertz CT molecular complexity index is 445. The standard InChI is InChI=1S/C14H22N2O5/c1-2-14(4-5-15-8-14)13(21)16-6-3-9(11(17)18)10(7-16)12(19)20/h9-10,15H,2-8H2,1H3,(H,17,18)(H,19,20). The molecule has 2 aliphatic rings. The topological polar surface area (TPSA) is 107 Å². The lowest BCUT2D eigenvalue weighted by Gasteiger charge is -2.39. The molecule has 7 nitrogen and oxygen atoms in total. The van der Waals surface area contributed by atoms with Gasteiger partial charge < -0.3 is 20.4 Å². The first kappa shape index (κ1) is 15.8. The number of piperidine rings is 1. The summed E-state index contributed by atoms with van der Waals surface area (Å²) in [6.07, 6.45) is 1.65. The van der Waals surface area contributed by atoms with E-state index in [0.29, 0.717) is 19.5 Å². The monoisotopic (exact) mass is 298 g/mol. The summed E-state index contributed by atoms with van der Waals surface area (Å²) in [7, 11) is 0. The van der Waals surface area contributed by atoms with Gasteiger partial charge in [-0.05, 0) is 25.8 Å². The predicted octanol–water partition coefficient (Wildman–Crippen LogP) is 0.0100. The normalized spacial score (nSPS) is 32.9. The molecule has 3 atom stereocenters. The third kappa shape index (κ3) is 2.88. The molecule has 2 aliphatic heterocycles. The van der Waals surface area contributed by atoms with E-state index in [1.807, 2.05) is 6.92 Å². The summed E-state index contributed by atoms with van der Waals surface area (Å²) in [4.78, 5) is 36.7. The van der Waals surface area contributed by atoms with Gasteiger partial charge in [-0.3, -0.25) is 14.4 Å². The minimum Gasteiger partial charge on any atom is -0.481 e. The van der Waals surface area contributed by atoms with E-state index in [2.05, 4.69) is 5.32 Å². The summed E-state index contributed by atoms with van der Waals surface area (Å²) >= 11 is 0. The first-order chi connectivity index (χ1) is 9.91. The first-order valence-corrected chi connectivity index (χ1v) is 7.37. The molecule has 0 radical (unpaired) electrons. The molecule has 2 rings (SSSR count).